The molecule has 1 unspecified atom stereocenters. The average Bonchev–Trinajstić information content (AvgIpc) is 3.26. The summed E-state index contributed by atoms with van der Waals surface area (Å²) in [5.41, 5.74) is 2.15. The summed E-state index contributed by atoms with van der Waals surface area (Å²) in [6, 6.07) is 0. The van der Waals surface area contributed by atoms with E-state index in [1.807, 2.05) is 0 Å². The Balaban J connectivity index is 0.00000312. The highest BCUT2D eigenvalue weighted by Crippen LogP contribution is 2.15. The maximum absolute atomic E-state index is 5.64. The second-order valence-corrected chi connectivity index (χ2v) is 5.80. The van der Waals surface area contributed by atoms with Crippen molar-refractivity contribution in [3.05, 3.63) is 17.0 Å². The van der Waals surface area contributed by atoms with Crippen LogP contribution >= 0.6 is 24.0 Å². The van der Waals surface area contributed by atoms with Crippen molar-refractivity contribution in [2.24, 2.45) is 4.99 Å². The Labute approximate surface area is 167 Å². The molecule has 2 N–H and O–H groups in total. The number of guanidine groups is 1. The molecule has 1 fully saturated rings. The summed E-state index contributed by atoms with van der Waals surface area (Å²) < 4.78 is 16.6. The van der Waals surface area contributed by atoms with Crippen molar-refractivity contribution in [3.8, 4) is 0 Å². The predicted molar refractivity (Wildman–Crippen MR) is 109 cm³/mol. The van der Waals surface area contributed by atoms with Crippen molar-refractivity contribution < 1.29 is 14.0 Å². The molecule has 2 rings (SSSR count). The lowest BCUT2D eigenvalue weighted by Crippen LogP contribution is -2.39. The fourth-order valence-electron chi connectivity index (χ4n) is 2.76. The largest absolute Gasteiger partial charge is 0.377 e. The third-order valence-electron chi connectivity index (χ3n) is 4.13. The molecule has 0 spiro atoms. The molecular formula is C17H31IN4O3. The molecule has 8 heteroatoms. The summed E-state index contributed by atoms with van der Waals surface area (Å²) in [4.78, 5) is 4.24. The van der Waals surface area contributed by atoms with Gasteiger partial charge in [0, 0.05) is 38.7 Å². The fourth-order valence-corrected chi connectivity index (χ4v) is 2.76. The zero-order valence-corrected chi connectivity index (χ0v) is 17.8. The smallest absolute Gasteiger partial charge is 0.191 e. The Morgan fingerprint density at radius 1 is 1.32 bits per heavy atom. The Kier molecular flexibility index (Phi) is 11.1. The maximum Gasteiger partial charge on any atom is 0.191 e. The maximum atomic E-state index is 5.64. The third-order valence-corrected chi connectivity index (χ3v) is 4.13. The van der Waals surface area contributed by atoms with Crippen molar-refractivity contribution in [2.75, 3.05) is 33.4 Å². The Morgan fingerprint density at radius 2 is 2.16 bits per heavy atom. The van der Waals surface area contributed by atoms with E-state index in [9.17, 15) is 0 Å². The summed E-state index contributed by atoms with van der Waals surface area (Å²) in [6.07, 6.45) is 4.23. The van der Waals surface area contributed by atoms with E-state index in [4.69, 9.17) is 14.0 Å². The lowest BCUT2D eigenvalue weighted by molar-refractivity contribution is 0.0191. The van der Waals surface area contributed by atoms with Crippen molar-refractivity contribution in [1.82, 2.24) is 15.8 Å². The number of nitrogens with one attached hydrogen (secondary N) is 2. The number of rotatable bonds is 9. The monoisotopic (exact) mass is 466 g/mol. The summed E-state index contributed by atoms with van der Waals surface area (Å²) in [5.74, 6) is 1.69. The minimum atomic E-state index is 0. The molecule has 0 aliphatic carbocycles. The van der Waals surface area contributed by atoms with E-state index in [1.54, 1.807) is 7.05 Å². The van der Waals surface area contributed by atoms with Gasteiger partial charge in [-0.15, -0.1) is 24.0 Å². The third kappa shape index (κ3) is 7.10. The molecule has 0 amide bonds. The van der Waals surface area contributed by atoms with E-state index in [-0.39, 0.29) is 30.1 Å². The van der Waals surface area contributed by atoms with Gasteiger partial charge in [-0.3, -0.25) is 4.99 Å². The van der Waals surface area contributed by atoms with E-state index in [1.165, 1.54) is 0 Å². The minimum Gasteiger partial charge on any atom is -0.377 e. The molecule has 1 aromatic heterocycles. The molecule has 7 nitrogen and oxygen atoms in total. The van der Waals surface area contributed by atoms with Crippen LogP contribution in [0.25, 0.3) is 0 Å². The first-order chi connectivity index (χ1) is 11.8. The second-order valence-electron chi connectivity index (χ2n) is 5.80. The van der Waals surface area contributed by atoms with Gasteiger partial charge in [-0.1, -0.05) is 19.0 Å². The number of ether oxygens (including phenoxy) is 2. The van der Waals surface area contributed by atoms with Crippen molar-refractivity contribution in [3.63, 3.8) is 0 Å². The molecule has 1 saturated heterocycles. The van der Waals surface area contributed by atoms with Crippen LogP contribution in [-0.4, -0.2) is 50.6 Å². The van der Waals surface area contributed by atoms with Crippen LogP contribution < -0.4 is 10.6 Å². The Hall–Kier alpha value is -0.870. The van der Waals surface area contributed by atoms with Gasteiger partial charge in [-0.2, -0.15) is 0 Å². The zero-order valence-electron chi connectivity index (χ0n) is 15.5. The van der Waals surface area contributed by atoms with Crippen molar-refractivity contribution >= 4 is 29.9 Å². The van der Waals surface area contributed by atoms with E-state index < -0.39 is 0 Å². The van der Waals surface area contributed by atoms with Gasteiger partial charge in [0.1, 0.15) is 5.76 Å². The van der Waals surface area contributed by atoms with E-state index in [2.05, 4.69) is 34.6 Å². The molecule has 0 aromatic carbocycles. The molecule has 1 atom stereocenters. The van der Waals surface area contributed by atoms with Gasteiger partial charge in [0.15, 0.2) is 5.96 Å². The highest BCUT2D eigenvalue weighted by Gasteiger charge is 2.15. The van der Waals surface area contributed by atoms with Crippen LogP contribution in [0.15, 0.2) is 9.52 Å². The van der Waals surface area contributed by atoms with Crippen LogP contribution in [-0.2, 0) is 28.9 Å². The molecule has 0 radical (unpaired) electrons. The first-order valence-corrected chi connectivity index (χ1v) is 8.88. The topological polar surface area (TPSA) is 80.9 Å². The lowest BCUT2D eigenvalue weighted by Gasteiger charge is -2.13. The van der Waals surface area contributed by atoms with E-state index >= 15 is 0 Å². The SMILES string of the molecule is CCc1noc(CC)c1CNC(=NC)NCCOCC1CCCO1.I. The molecule has 0 saturated carbocycles. The van der Waals surface area contributed by atoms with Crippen LogP contribution in [0.4, 0.5) is 0 Å². The van der Waals surface area contributed by atoms with Crippen LogP contribution in [0.5, 0.6) is 0 Å². The van der Waals surface area contributed by atoms with E-state index in [0.717, 1.165) is 55.3 Å². The van der Waals surface area contributed by atoms with Gasteiger partial charge in [0.2, 0.25) is 0 Å². The van der Waals surface area contributed by atoms with E-state index in [0.29, 0.717) is 26.3 Å². The molecular weight excluding hydrogens is 435 g/mol. The molecule has 2 heterocycles. The van der Waals surface area contributed by atoms with Gasteiger partial charge < -0.3 is 24.6 Å². The normalized spacial score (nSPS) is 17.4. The van der Waals surface area contributed by atoms with Crippen LogP contribution in [0.1, 0.15) is 43.7 Å². The lowest BCUT2D eigenvalue weighted by atomic mass is 10.1. The summed E-state index contributed by atoms with van der Waals surface area (Å²) >= 11 is 0. The number of hydrogen-bond acceptors (Lipinski definition) is 5. The Bertz CT molecular complexity index is 494. The quantitative estimate of drug-likeness (QED) is 0.252. The number of aromatic nitrogens is 1. The van der Waals surface area contributed by atoms with Crippen LogP contribution in [0.2, 0.25) is 0 Å². The zero-order chi connectivity index (χ0) is 17.2. The van der Waals surface area contributed by atoms with Gasteiger partial charge in [-0.25, -0.2) is 0 Å². The molecule has 1 aromatic rings. The van der Waals surface area contributed by atoms with Gasteiger partial charge in [-0.05, 0) is 19.3 Å². The first-order valence-electron chi connectivity index (χ1n) is 8.88. The number of nitrogens with zero attached hydrogens (tertiary/aromatic N) is 2. The van der Waals surface area contributed by atoms with Crippen LogP contribution in [0.3, 0.4) is 0 Å². The molecule has 0 bridgehead atoms. The highest BCUT2D eigenvalue weighted by atomic mass is 127. The first kappa shape index (κ1) is 22.2. The summed E-state index contributed by atoms with van der Waals surface area (Å²) in [5, 5.41) is 10.7. The van der Waals surface area contributed by atoms with Gasteiger partial charge in [0.25, 0.3) is 0 Å². The summed E-state index contributed by atoms with van der Waals surface area (Å²) in [6.45, 7) is 7.69. The summed E-state index contributed by atoms with van der Waals surface area (Å²) in [7, 11) is 1.76. The predicted octanol–water partition coefficient (Wildman–Crippen LogP) is 2.28. The molecule has 1 aliphatic heterocycles. The van der Waals surface area contributed by atoms with Gasteiger partial charge >= 0.3 is 0 Å². The number of aliphatic imine (C=N–C) groups is 1. The number of halogens is 1. The molecule has 25 heavy (non-hydrogen) atoms. The fraction of sp³-hybridized carbons (Fsp3) is 0.765. The van der Waals surface area contributed by atoms with Crippen LogP contribution in [0, 0.1) is 0 Å². The molecule has 1 aliphatic rings. The number of hydrogen-bond donors (Lipinski definition) is 2. The van der Waals surface area contributed by atoms with Crippen molar-refractivity contribution in [2.45, 2.75) is 52.2 Å². The highest BCUT2D eigenvalue weighted by molar-refractivity contribution is 14.0. The molecule has 144 valence electrons. The minimum absolute atomic E-state index is 0. The Morgan fingerprint density at radius 3 is 2.80 bits per heavy atom. The van der Waals surface area contributed by atoms with Crippen molar-refractivity contribution in [1.29, 1.82) is 0 Å². The number of aryl methyl sites for hydroxylation is 2. The standard InChI is InChI=1S/C17H30N4O3.HI/c1-4-15-14(16(5-2)24-21-15)11-20-17(18-3)19-8-10-22-12-13-7-6-9-23-13;/h13H,4-12H2,1-3H3,(H2,18,19,20);1H. The van der Waals surface area contributed by atoms with Gasteiger partial charge in [0.05, 0.1) is 25.0 Å². The second kappa shape index (κ2) is 12.5. The average molecular weight is 466 g/mol.